The number of rotatable bonds is 5. The molecular weight excluding hydrogens is 316 g/mol. The van der Waals surface area contributed by atoms with Gasteiger partial charge in [-0.25, -0.2) is 4.79 Å². The number of carbonyl (C=O) groups is 2. The van der Waals surface area contributed by atoms with Crippen molar-refractivity contribution in [3.8, 4) is 0 Å². The second-order valence-corrected chi connectivity index (χ2v) is 6.18. The fraction of sp³-hybridized carbons (Fsp3) is 0.300. The molecule has 2 aromatic carbocycles. The summed E-state index contributed by atoms with van der Waals surface area (Å²) < 4.78 is 5.45. The number of benzene rings is 2. The number of alkyl carbamates (subject to hydrolysis) is 1. The van der Waals surface area contributed by atoms with Gasteiger partial charge in [0.2, 0.25) is 5.91 Å². The molecule has 130 valence electrons. The van der Waals surface area contributed by atoms with Gasteiger partial charge in [0.15, 0.2) is 0 Å². The monoisotopic (exact) mass is 338 g/mol. The molecule has 1 aliphatic carbocycles. The molecule has 2 unspecified atom stereocenters. The van der Waals surface area contributed by atoms with E-state index in [9.17, 15) is 9.59 Å². The Bertz CT molecular complexity index is 746. The summed E-state index contributed by atoms with van der Waals surface area (Å²) >= 11 is 0. The van der Waals surface area contributed by atoms with E-state index in [1.807, 2.05) is 55.5 Å². The van der Waals surface area contributed by atoms with Crippen molar-refractivity contribution in [2.24, 2.45) is 0 Å². The third kappa shape index (κ3) is 4.38. The van der Waals surface area contributed by atoms with Crippen LogP contribution in [-0.2, 0) is 16.0 Å². The van der Waals surface area contributed by atoms with Gasteiger partial charge in [0, 0.05) is 0 Å². The Labute approximate surface area is 147 Å². The standard InChI is InChI=1S/C20H22N2O3/c1-14(15-7-3-2-4-8-15)22-19(23)13-21-20(24)25-18-12-11-16-9-5-6-10-17(16)18/h2-10,14,18H,11-13H2,1H3,(H,21,24)(H,22,23). The largest absolute Gasteiger partial charge is 0.441 e. The number of amides is 2. The third-order valence-corrected chi connectivity index (χ3v) is 4.40. The molecule has 0 heterocycles. The number of nitrogens with one attached hydrogen (secondary N) is 2. The number of ether oxygens (including phenoxy) is 1. The van der Waals surface area contributed by atoms with Gasteiger partial charge < -0.3 is 15.4 Å². The van der Waals surface area contributed by atoms with Crippen molar-refractivity contribution in [1.29, 1.82) is 0 Å². The second-order valence-electron chi connectivity index (χ2n) is 6.18. The number of hydrogen-bond donors (Lipinski definition) is 2. The van der Waals surface area contributed by atoms with Crippen molar-refractivity contribution in [2.45, 2.75) is 31.9 Å². The van der Waals surface area contributed by atoms with E-state index in [4.69, 9.17) is 4.74 Å². The smallest absolute Gasteiger partial charge is 0.408 e. The average molecular weight is 338 g/mol. The quantitative estimate of drug-likeness (QED) is 0.879. The molecule has 2 aromatic rings. The van der Waals surface area contributed by atoms with Crippen LogP contribution in [0.3, 0.4) is 0 Å². The zero-order chi connectivity index (χ0) is 17.6. The van der Waals surface area contributed by atoms with Gasteiger partial charge in [-0.05, 0) is 36.5 Å². The molecule has 0 aromatic heterocycles. The van der Waals surface area contributed by atoms with Crippen LogP contribution < -0.4 is 10.6 Å². The van der Waals surface area contributed by atoms with Crippen molar-refractivity contribution >= 4 is 12.0 Å². The van der Waals surface area contributed by atoms with Gasteiger partial charge in [0.25, 0.3) is 0 Å². The number of hydrogen-bond acceptors (Lipinski definition) is 3. The first kappa shape index (κ1) is 17.0. The molecule has 2 amide bonds. The Balaban J connectivity index is 1.44. The lowest BCUT2D eigenvalue weighted by Gasteiger charge is -2.16. The Kier molecular flexibility index (Phi) is 5.33. The summed E-state index contributed by atoms with van der Waals surface area (Å²) in [4.78, 5) is 23.9. The molecule has 1 aliphatic rings. The van der Waals surface area contributed by atoms with Crippen LogP contribution >= 0.6 is 0 Å². The van der Waals surface area contributed by atoms with Crippen molar-refractivity contribution in [3.63, 3.8) is 0 Å². The minimum Gasteiger partial charge on any atom is -0.441 e. The Morgan fingerprint density at radius 3 is 2.64 bits per heavy atom. The number of fused-ring (bicyclic) bond motifs is 1. The second kappa shape index (κ2) is 7.83. The van der Waals surface area contributed by atoms with E-state index in [2.05, 4.69) is 16.7 Å². The molecule has 0 fully saturated rings. The van der Waals surface area contributed by atoms with Crippen LogP contribution in [-0.4, -0.2) is 18.5 Å². The van der Waals surface area contributed by atoms with Gasteiger partial charge in [-0.1, -0.05) is 54.6 Å². The summed E-state index contributed by atoms with van der Waals surface area (Å²) in [6.45, 7) is 1.80. The lowest BCUT2D eigenvalue weighted by molar-refractivity contribution is -0.120. The number of carbonyl (C=O) groups excluding carboxylic acids is 2. The maximum absolute atomic E-state index is 12.0. The summed E-state index contributed by atoms with van der Waals surface area (Å²) in [5.74, 6) is -0.250. The summed E-state index contributed by atoms with van der Waals surface area (Å²) in [6, 6.07) is 17.5. The first-order valence-electron chi connectivity index (χ1n) is 8.50. The van der Waals surface area contributed by atoms with Crippen molar-refractivity contribution in [3.05, 3.63) is 71.3 Å². The van der Waals surface area contributed by atoms with E-state index < -0.39 is 6.09 Å². The van der Waals surface area contributed by atoms with E-state index in [1.165, 1.54) is 5.56 Å². The highest BCUT2D eigenvalue weighted by Crippen LogP contribution is 2.33. The molecule has 0 radical (unpaired) electrons. The molecule has 0 spiro atoms. The maximum Gasteiger partial charge on any atom is 0.408 e. The van der Waals surface area contributed by atoms with E-state index in [-0.39, 0.29) is 24.6 Å². The van der Waals surface area contributed by atoms with Crippen molar-refractivity contribution in [1.82, 2.24) is 10.6 Å². The minimum absolute atomic E-state index is 0.107. The molecule has 0 bridgehead atoms. The number of aryl methyl sites for hydroxylation is 1. The topological polar surface area (TPSA) is 67.4 Å². The predicted molar refractivity (Wildman–Crippen MR) is 95.0 cm³/mol. The van der Waals surface area contributed by atoms with Gasteiger partial charge in [0.05, 0.1) is 6.04 Å². The van der Waals surface area contributed by atoms with Gasteiger partial charge in [-0.15, -0.1) is 0 Å². The molecule has 2 atom stereocenters. The molecular formula is C20H22N2O3. The van der Waals surface area contributed by atoms with Crippen LogP contribution in [0.1, 0.15) is 42.2 Å². The molecule has 2 N–H and O–H groups in total. The Morgan fingerprint density at radius 2 is 1.84 bits per heavy atom. The molecule has 0 saturated heterocycles. The van der Waals surface area contributed by atoms with Crippen LogP contribution in [0.2, 0.25) is 0 Å². The average Bonchev–Trinajstić information content (AvgIpc) is 3.04. The van der Waals surface area contributed by atoms with E-state index in [0.29, 0.717) is 0 Å². The van der Waals surface area contributed by atoms with Crippen LogP contribution in [0.5, 0.6) is 0 Å². The molecule has 3 rings (SSSR count). The van der Waals surface area contributed by atoms with Gasteiger partial charge in [0.1, 0.15) is 12.6 Å². The first-order valence-corrected chi connectivity index (χ1v) is 8.50. The van der Waals surface area contributed by atoms with Crippen LogP contribution in [0.4, 0.5) is 4.79 Å². The fourth-order valence-electron chi connectivity index (χ4n) is 3.08. The van der Waals surface area contributed by atoms with Crippen LogP contribution in [0.15, 0.2) is 54.6 Å². The van der Waals surface area contributed by atoms with E-state index in [1.54, 1.807) is 0 Å². The molecule has 5 heteroatoms. The fourth-order valence-corrected chi connectivity index (χ4v) is 3.08. The predicted octanol–water partition coefficient (Wildman–Crippen LogP) is 3.28. The highest BCUT2D eigenvalue weighted by atomic mass is 16.6. The molecule has 0 saturated carbocycles. The highest BCUT2D eigenvalue weighted by molar-refractivity contribution is 5.82. The van der Waals surface area contributed by atoms with Gasteiger partial charge in [-0.3, -0.25) is 4.79 Å². The lowest BCUT2D eigenvalue weighted by Crippen LogP contribution is -2.38. The summed E-state index contributed by atoms with van der Waals surface area (Å²) in [5.41, 5.74) is 3.29. The summed E-state index contributed by atoms with van der Waals surface area (Å²) in [6.07, 6.45) is 0.888. The molecule has 25 heavy (non-hydrogen) atoms. The molecule has 0 aliphatic heterocycles. The zero-order valence-electron chi connectivity index (χ0n) is 14.2. The van der Waals surface area contributed by atoms with Gasteiger partial charge in [-0.2, -0.15) is 0 Å². The van der Waals surface area contributed by atoms with Crippen LogP contribution in [0, 0.1) is 0 Å². The zero-order valence-corrected chi connectivity index (χ0v) is 14.2. The van der Waals surface area contributed by atoms with Crippen molar-refractivity contribution < 1.29 is 14.3 Å². The Hall–Kier alpha value is -2.82. The normalized spacial score (nSPS) is 16.6. The third-order valence-electron chi connectivity index (χ3n) is 4.40. The van der Waals surface area contributed by atoms with E-state index in [0.717, 1.165) is 24.0 Å². The van der Waals surface area contributed by atoms with Crippen molar-refractivity contribution in [2.75, 3.05) is 6.54 Å². The SMILES string of the molecule is CC(NC(=O)CNC(=O)OC1CCc2ccccc21)c1ccccc1. The Morgan fingerprint density at radius 1 is 1.12 bits per heavy atom. The van der Waals surface area contributed by atoms with E-state index >= 15 is 0 Å². The lowest BCUT2D eigenvalue weighted by atomic mass is 10.1. The van der Waals surface area contributed by atoms with Crippen LogP contribution in [0.25, 0.3) is 0 Å². The minimum atomic E-state index is -0.566. The molecule has 5 nitrogen and oxygen atoms in total. The highest BCUT2D eigenvalue weighted by Gasteiger charge is 2.25. The maximum atomic E-state index is 12.0. The summed E-state index contributed by atoms with van der Waals surface area (Å²) in [5, 5.41) is 5.38. The first-order chi connectivity index (χ1) is 12.1. The van der Waals surface area contributed by atoms with Gasteiger partial charge >= 0.3 is 6.09 Å². The summed E-state index contributed by atoms with van der Waals surface area (Å²) in [7, 11) is 0.